The molecule has 0 spiro atoms. The Kier molecular flexibility index (Phi) is 6.36. The smallest absolute Gasteiger partial charge is 0.257 e. The molecule has 24 heavy (non-hydrogen) atoms. The van der Waals surface area contributed by atoms with Gasteiger partial charge in [0, 0.05) is 17.9 Å². The summed E-state index contributed by atoms with van der Waals surface area (Å²) in [6, 6.07) is 14.9. The predicted molar refractivity (Wildman–Crippen MR) is 93.7 cm³/mol. The van der Waals surface area contributed by atoms with Crippen LogP contribution in [0, 0.1) is 29.6 Å². The van der Waals surface area contributed by atoms with Gasteiger partial charge in [-0.3, -0.25) is 4.79 Å². The number of nitriles is 2. The van der Waals surface area contributed by atoms with Crippen molar-refractivity contribution in [2.75, 3.05) is 11.1 Å². The molecular weight excluding hydrogens is 320 g/mol. The zero-order valence-corrected chi connectivity index (χ0v) is 14.1. The van der Waals surface area contributed by atoms with Crippen LogP contribution in [0.2, 0.25) is 0 Å². The Balaban J connectivity index is 2.18. The van der Waals surface area contributed by atoms with Crippen LogP contribution in [0.3, 0.4) is 0 Å². The van der Waals surface area contributed by atoms with Crippen molar-refractivity contribution in [3.05, 3.63) is 53.2 Å². The molecule has 2 aromatic rings. The molecule has 0 bridgehead atoms. The van der Waals surface area contributed by atoms with Gasteiger partial charge in [-0.1, -0.05) is 18.2 Å². The second kappa shape index (κ2) is 8.71. The van der Waals surface area contributed by atoms with Gasteiger partial charge < -0.3 is 5.32 Å². The Morgan fingerprint density at radius 1 is 1.29 bits per heavy atom. The molecule has 0 saturated heterocycles. The third-order valence-electron chi connectivity index (χ3n) is 3.25. The molecule has 1 heterocycles. The number of amides is 1. The number of nitrogens with one attached hydrogen (secondary N) is 1. The number of nitrogens with zero attached hydrogens (tertiary/aromatic N) is 3. The van der Waals surface area contributed by atoms with Crippen molar-refractivity contribution in [1.29, 1.82) is 10.5 Å². The van der Waals surface area contributed by atoms with Gasteiger partial charge in [0.1, 0.15) is 11.1 Å². The van der Waals surface area contributed by atoms with E-state index in [1.165, 1.54) is 11.8 Å². The summed E-state index contributed by atoms with van der Waals surface area (Å²) in [6.07, 6.45) is 1.22. The maximum absolute atomic E-state index is 12.4. The van der Waals surface area contributed by atoms with E-state index in [9.17, 15) is 10.1 Å². The average molecular weight is 336 g/mol. The molecule has 0 atom stereocenters. The van der Waals surface area contributed by atoms with Gasteiger partial charge in [-0.15, -0.1) is 11.8 Å². The highest BCUT2D eigenvalue weighted by molar-refractivity contribution is 7.99. The number of rotatable bonds is 6. The third-order valence-corrected chi connectivity index (χ3v) is 4.32. The Bertz CT molecular complexity index is 806. The number of hydrogen-bond acceptors (Lipinski definition) is 5. The molecule has 0 aliphatic heterocycles. The van der Waals surface area contributed by atoms with Crippen molar-refractivity contribution in [3.63, 3.8) is 0 Å². The van der Waals surface area contributed by atoms with Crippen LogP contribution in [0.5, 0.6) is 0 Å². The number of aromatic nitrogens is 1. The van der Waals surface area contributed by atoms with E-state index in [-0.39, 0.29) is 5.91 Å². The molecule has 0 radical (unpaired) electrons. The first-order valence-corrected chi connectivity index (χ1v) is 8.42. The number of carbonyl (C=O) groups excluding carboxylic acids is 1. The van der Waals surface area contributed by atoms with Crippen molar-refractivity contribution in [1.82, 2.24) is 4.98 Å². The lowest BCUT2D eigenvalue weighted by Crippen LogP contribution is -2.15. The molecule has 1 N–H and O–H groups in total. The van der Waals surface area contributed by atoms with Gasteiger partial charge in [-0.05, 0) is 31.5 Å². The number of carbonyl (C=O) groups is 1. The normalized spacial score (nSPS) is 9.79. The van der Waals surface area contributed by atoms with Crippen LogP contribution in [-0.2, 0) is 0 Å². The van der Waals surface area contributed by atoms with Crippen molar-refractivity contribution in [3.8, 4) is 12.1 Å². The van der Waals surface area contributed by atoms with E-state index in [2.05, 4.69) is 22.4 Å². The summed E-state index contributed by atoms with van der Waals surface area (Å²) in [6.45, 7) is 1.75. The monoisotopic (exact) mass is 336 g/mol. The largest absolute Gasteiger partial charge is 0.322 e. The van der Waals surface area contributed by atoms with E-state index in [1.807, 2.05) is 18.2 Å². The molecule has 1 aromatic carbocycles. The van der Waals surface area contributed by atoms with Crippen LogP contribution in [0.1, 0.15) is 34.5 Å². The van der Waals surface area contributed by atoms with E-state index in [0.717, 1.165) is 6.42 Å². The number of thioether (sulfide) groups is 1. The van der Waals surface area contributed by atoms with Gasteiger partial charge in [0.05, 0.1) is 22.9 Å². The van der Waals surface area contributed by atoms with Gasteiger partial charge in [0.25, 0.3) is 5.91 Å². The van der Waals surface area contributed by atoms with Crippen molar-refractivity contribution >= 4 is 23.4 Å². The minimum absolute atomic E-state index is 0.288. The molecule has 0 aliphatic carbocycles. The zero-order chi connectivity index (χ0) is 17.4. The second-order valence-corrected chi connectivity index (χ2v) is 6.10. The number of benzene rings is 1. The quantitative estimate of drug-likeness (QED) is 0.638. The topological polar surface area (TPSA) is 89.6 Å². The van der Waals surface area contributed by atoms with E-state index in [1.54, 1.807) is 25.1 Å². The molecule has 0 fully saturated rings. The number of para-hydroxylation sites is 1. The van der Waals surface area contributed by atoms with Crippen molar-refractivity contribution in [2.45, 2.75) is 24.8 Å². The fourth-order valence-electron chi connectivity index (χ4n) is 2.04. The van der Waals surface area contributed by atoms with Crippen LogP contribution in [0.15, 0.2) is 41.4 Å². The lowest BCUT2D eigenvalue weighted by atomic mass is 10.1. The first kappa shape index (κ1) is 17.5. The van der Waals surface area contributed by atoms with Crippen LogP contribution in [0.25, 0.3) is 0 Å². The molecule has 0 unspecified atom stereocenters. The van der Waals surface area contributed by atoms with Gasteiger partial charge in [-0.25, -0.2) is 4.98 Å². The average Bonchev–Trinajstić information content (AvgIpc) is 2.59. The van der Waals surface area contributed by atoms with Crippen LogP contribution in [0.4, 0.5) is 5.69 Å². The molecule has 0 aliphatic rings. The van der Waals surface area contributed by atoms with Crippen LogP contribution < -0.4 is 5.32 Å². The Morgan fingerprint density at radius 2 is 2.04 bits per heavy atom. The summed E-state index contributed by atoms with van der Waals surface area (Å²) in [7, 11) is 0. The minimum Gasteiger partial charge on any atom is -0.322 e. The van der Waals surface area contributed by atoms with Gasteiger partial charge >= 0.3 is 0 Å². The standard InChI is InChI=1S/C18H16N4OS/c1-13-16(17(23)22-15-7-3-2-4-8-15)11-14(12-20)18(21-13)24-10-6-5-9-19/h2-4,7-8,11H,5-6,10H2,1H3,(H,22,23). The second-order valence-electron chi connectivity index (χ2n) is 5.02. The van der Waals surface area contributed by atoms with Gasteiger partial charge in [-0.2, -0.15) is 10.5 Å². The molecule has 0 saturated carbocycles. The van der Waals surface area contributed by atoms with Crippen molar-refractivity contribution < 1.29 is 4.79 Å². The predicted octanol–water partition coefficient (Wildman–Crippen LogP) is 3.91. The first-order chi connectivity index (χ1) is 11.7. The Labute approximate surface area is 145 Å². The molecule has 1 aromatic heterocycles. The van der Waals surface area contributed by atoms with Crippen LogP contribution in [-0.4, -0.2) is 16.6 Å². The van der Waals surface area contributed by atoms with E-state index in [4.69, 9.17) is 5.26 Å². The summed E-state index contributed by atoms with van der Waals surface area (Å²) in [5.74, 6) is 0.424. The lowest BCUT2D eigenvalue weighted by molar-refractivity contribution is 0.102. The van der Waals surface area contributed by atoms with Crippen LogP contribution >= 0.6 is 11.8 Å². The van der Waals surface area contributed by atoms with Gasteiger partial charge in [0.2, 0.25) is 0 Å². The Hall–Kier alpha value is -2.83. The summed E-state index contributed by atoms with van der Waals surface area (Å²) in [5.41, 5.74) is 2.03. The van der Waals surface area contributed by atoms with E-state index < -0.39 is 0 Å². The number of pyridine rings is 1. The molecule has 6 heteroatoms. The highest BCUT2D eigenvalue weighted by atomic mass is 32.2. The molecular formula is C18H16N4OS. The Morgan fingerprint density at radius 3 is 2.71 bits per heavy atom. The first-order valence-electron chi connectivity index (χ1n) is 7.43. The minimum atomic E-state index is -0.288. The number of hydrogen-bond donors (Lipinski definition) is 1. The fourth-order valence-corrected chi connectivity index (χ4v) is 2.99. The molecule has 1 amide bonds. The molecule has 120 valence electrons. The summed E-state index contributed by atoms with van der Waals surface area (Å²) in [4.78, 5) is 16.8. The fraction of sp³-hybridized carbons (Fsp3) is 0.222. The summed E-state index contributed by atoms with van der Waals surface area (Å²) in [5, 5.41) is 21.3. The molecule has 2 rings (SSSR count). The number of anilines is 1. The zero-order valence-electron chi connectivity index (χ0n) is 13.2. The molecule has 5 nitrogen and oxygen atoms in total. The highest BCUT2D eigenvalue weighted by Gasteiger charge is 2.15. The third kappa shape index (κ3) is 4.58. The SMILES string of the molecule is Cc1nc(SCCCC#N)c(C#N)cc1C(=O)Nc1ccccc1. The van der Waals surface area contributed by atoms with E-state index in [0.29, 0.717) is 39.7 Å². The van der Waals surface area contributed by atoms with Crippen molar-refractivity contribution in [2.24, 2.45) is 0 Å². The summed E-state index contributed by atoms with van der Waals surface area (Å²) < 4.78 is 0. The maximum Gasteiger partial charge on any atom is 0.257 e. The highest BCUT2D eigenvalue weighted by Crippen LogP contribution is 2.24. The van der Waals surface area contributed by atoms with Gasteiger partial charge in [0.15, 0.2) is 0 Å². The maximum atomic E-state index is 12.4. The van der Waals surface area contributed by atoms with E-state index >= 15 is 0 Å². The lowest BCUT2D eigenvalue weighted by Gasteiger charge is -2.10. The number of aryl methyl sites for hydroxylation is 1. The number of unbranched alkanes of at least 4 members (excludes halogenated alkanes) is 1. The summed E-state index contributed by atoms with van der Waals surface area (Å²) >= 11 is 1.43.